The first-order valence-electron chi connectivity index (χ1n) is 4.61. The molecule has 0 saturated carbocycles. The van der Waals surface area contributed by atoms with Gasteiger partial charge in [-0.3, -0.25) is 9.48 Å². The van der Waals surface area contributed by atoms with E-state index in [1.807, 2.05) is 6.07 Å². The first-order valence-corrected chi connectivity index (χ1v) is 5.81. The summed E-state index contributed by atoms with van der Waals surface area (Å²) in [5.41, 5.74) is 0.585. The summed E-state index contributed by atoms with van der Waals surface area (Å²) >= 11 is 7.22. The largest absolute Gasteiger partial charge is 0.289 e. The summed E-state index contributed by atoms with van der Waals surface area (Å²) in [4.78, 5) is 12.6. The molecule has 3 nitrogen and oxygen atoms in total. The number of aryl methyl sites for hydroxylation is 1. The highest BCUT2D eigenvalue weighted by molar-refractivity contribution is 7.17. The second-order valence-corrected chi connectivity index (χ2v) is 4.99. The minimum atomic E-state index is -0.0578. The number of halogens is 1. The van der Waals surface area contributed by atoms with Crippen LogP contribution in [0.3, 0.4) is 0 Å². The Hall–Kier alpha value is -1.39. The number of hydrogen-bond acceptors (Lipinski definition) is 3. The molecule has 0 bridgehead atoms. The molecule has 0 radical (unpaired) electrons. The monoisotopic (exact) mass is 252 g/mol. The topological polar surface area (TPSA) is 34.9 Å². The average molecular weight is 253 g/mol. The Morgan fingerprint density at radius 1 is 1.56 bits per heavy atom. The van der Waals surface area contributed by atoms with Crippen LogP contribution in [-0.4, -0.2) is 15.6 Å². The summed E-state index contributed by atoms with van der Waals surface area (Å²) in [6.45, 7) is 0. The third kappa shape index (κ3) is 2.59. The SMILES string of the molecule is Cn1cc(C(=O)C=Cc2ccc(Cl)s2)cn1. The summed E-state index contributed by atoms with van der Waals surface area (Å²) in [7, 11) is 1.78. The van der Waals surface area contributed by atoms with Crippen LogP contribution < -0.4 is 0 Å². The molecule has 0 saturated heterocycles. The summed E-state index contributed by atoms with van der Waals surface area (Å²) < 4.78 is 2.32. The van der Waals surface area contributed by atoms with Crippen molar-refractivity contribution in [2.24, 2.45) is 7.05 Å². The fourth-order valence-electron chi connectivity index (χ4n) is 1.22. The molecule has 0 aromatic carbocycles. The van der Waals surface area contributed by atoms with Crippen molar-refractivity contribution in [2.45, 2.75) is 0 Å². The molecule has 5 heteroatoms. The fraction of sp³-hybridized carbons (Fsp3) is 0.0909. The van der Waals surface area contributed by atoms with Crippen LogP contribution in [0.5, 0.6) is 0 Å². The average Bonchev–Trinajstić information content (AvgIpc) is 2.84. The molecule has 0 aliphatic rings. The Morgan fingerprint density at radius 3 is 2.94 bits per heavy atom. The van der Waals surface area contributed by atoms with E-state index in [0.717, 1.165) is 4.88 Å². The van der Waals surface area contributed by atoms with Crippen LogP contribution >= 0.6 is 22.9 Å². The van der Waals surface area contributed by atoms with Gasteiger partial charge < -0.3 is 0 Å². The molecule has 0 unspecified atom stereocenters. The second-order valence-electron chi connectivity index (χ2n) is 3.24. The molecule has 2 aromatic heterocycles. The number of ketones is 1. The van der Waals surface area contributed by atoms with Gasteiger partial charge in [0.2, 0.25) is 0 Å². The smallest absolute Gasteiger partial charge is 0.189 e. The summed E-state index contributed by atoms with van der Waals surface area (Å²) in [5, 5.41) is 3.94. The first kappa shape index (κ1) is 11.1. The highest BCUT2D eigenvalue weighted by atomic mass is 35.5. The number of allylic oxidation sites excluding steroid dienone is 1. The van der Waals surface area contributed by atoms with E-state index in [0.29, 0.717) is 9.90 Å². The minimum Gasteiger partial charge on any atom is -0.289 e. The zero-order valence-corrected chi connectivity index (χ0v) is 10.1. The molecule has 0 aliphatic carbocycles. The van der Waals surface area contributed by atoms with Gasteiger partial charge in [0.15, 0.2) is 5.78 Å². The lowest BCUT2D eigenvalue weighted by Gasteiger charge is -1.87. The molecule has 82 valence electrons. The highest BCUT2D eigenvalue weighted by Crippen LogP contribution is 2.22. The first-order chi connectivity index (χ1) is 7.65. The number of carbonyl (C=O) groups excluding carboxylic acids is 1. The van der Waals surface area contributed by atoms with E-state index >= 15 is 0 Å². The number of nitrogens with zero attached hydrogens (tertiary/aromatic N) is 2. The van der Waals surface area contributed by atoms with E-state index in [1.165, 1.54) is 17.4 Å². The van der Waals surface area contributed by atoms with Gasteiger partial charge in [0.25, 0.3) is 0 Å². The van der Waals surface area contributed by atoms with Gasteiger partial charge in [-0.15, -0.1) is 11.3 Å². The Morgan fingerprint density at radius 2 is 2.38 bits per heavy atom. The van der Waals surface area contributed by atoms with Gasteiger partial charge in [0.1, 0.15) is 0 Å². The van der Waals surface area contributed by atoms with Gasteiger partial charge in [-0.1, -0.05) is 11.6 Å². The summed E-state index contributed by atoms with van der Waals surface area (Å²) in [6, 6.07) is 3.68. The van der Waals surface area contributed by atoms with Crippen molar-refractivity contribution in [3.05, 3.63) is 45.4 Å². The Bertz CT molecular complexity index is 542. The normalized spacial score (nSPS) is 11.1. The predicted octanol–water partition coefficient (Wildman–Crippen LogP) is 3.03. The highest BCUT2D eigenvalue weighted by Gasteiger charge is 2.03. The molecule has 0 aliphatic heterocycles. The maximum atomic E-state index is 11.7. The molecule has 0 atom stereocenters. The molecule has 0 amide bonds. The molecular formula is C11H9ClN2OS. The van der Waals surface area contributed by atoms with Crippen LogP contribution in [0, 0.1) is 0 Å². The van der Waals surface area contributed by atoms with Gasteiger partial charge in [-0.05, 0) is 24.3 Å². The van der Waals surface area contributed by atoms with E-state index in [1.54, 1.807) is 36.3 Å². The standard InChI is InChI=1S/C11H9ClN2OS/c1-14-7-8(6-13-14)10(15)4-2-9-3-5-11(12)16-9/h2-7H,1H3. The molecule has 2 heterocycles. The number of thiophene rings is 1. The van der Waals surface area contributed by atoms with Gasteiger partial charge in [-0.25, -0.2) is 0 Å². The van der Waals surface area contributed by atoms with E-state index < -0.39 is 0 Å². The zero-order valence-electron chi connectivity index (χ0n) is 8.55. The maximum absolute atomic E-state index is 11.7. The van der Waals surface area contributed by atoms with Crippen molar-refractivity contribution in [1.82, 2.24) is 9.78 Å². The fourth-order valence-corrected chi connectivity index (χ4v) is 2.18. The van der Waals surface area contributed by atoms with Crippen LogP contribution in [0.1, 0.15) is 15.2 Å². The third-order valence-corrected chi connectivity index (χ3v) is 3.18. The van der Waals surface area contributed by atoms with Crippen LogP contribution in [0.15, 0.2) is 30.6 Å². The number of rotatable bonds is 3. The van der Waals surface area contributed by atoms with Crippen LogP contribution in [-0.2, 0) is 7.05 Å². The lowest BCUT2D eigenvalue weighted by atomic mass is 10.2. The van der Waals surface area contributed by atoms with Crippen molar-refractivity contribution in [3.8, 4) is 0 Å². The summed E-state index contributed by atoms with van der Waals surface area (Å²) in [6.07, 6.45) is 6.52. The maximum Gasteiger partial charge on any atom is 0.189 e. The Balaban J connectivity index is 2.10. The number of aromatic nitrogens is 2. The molecule has 16 heavy (non-hydrogen) atoms. The van der Waals surface area contributed by atoms with Crippen LogP contribution in [0.4, 0.5) is 0 Å². The predicted molar refractivity (Wildman–Crippen MR) is 65.9 cm³/mol. The molecule has 0 N–H and O–H groups in total. The van der Waals surface area contributed by atoms with Crippen molar-refractivity contribution in [3.63, 3.8) is 0 Å². The van der Waals surface area contributed by atoms with Crippen LogP contribution in [0.25, 0.3) is 6.08 Å². The molecule has 2 rings (SSSR count). The van der Waals surface area contributed by atoms with Gasteiger partial charge >= 0.3 is 0 Å². The van der Waals surface area contributed by atoms with E-state index in [4.69, 9.17) is 11.6 Å². The van der Waals surface area contributed by atoms with E-state index in [-0.39, 0.29) is 5.78 Å². The number of carbonyl (C=O) groups is 1. The molecule has 0 fully saturated rings. The number of hydrogen-bond donors (Lipinski definition) is 0. The lowest BCUT2D eigenvalue weighted by molar-refractivity contribution is 0.104. The minimum absolute atomic E-state index is 0.0578. The lowest BCUT2D eigenvalue weighted by Crippen LogP contribution is -1.91. The van der Waals surface area contributed by atoms with Gasteiger partial charge in [0, 0.05) is 18.1 Å². The molecule has 0 spiro atoms. The van der Waals surface area contributed by atoms with Crippen molar-refractivity contribution in [2.75, 3.05) is 0 Å². The second kappa shape index (κ2) is 4.63. The zero-order chi connectivity index (χ0) is 11.5. The van der Waals surface area contributed by atoms with Gasteiger partial charge in [0.05, 0.1) is 16.1 Å². The Labute approximate surface area is 102 Å². The van der Waals surface area contributed by atoms with Crippen molar-refractivity contribution < 1.29 is 4.79 Å². The van der Waals surface area contributed by atoms with Crippen molar-refractivity contribution in [1.29, 1.82) is 0 Å². The Kier molecular flexibility index (Phi) is 3.22. The van der Waals surface area contributed by atoms with Gasteiger partial charge in [-0.2, -0.15) is 5.10 Å². The van der Waals surface area contributed by atoms with E-state index in [2.05, 4.69) is 5.10 Å². The molecular weight excluding hydrogens is 244 g/mol. The molecule has 2 aromatic rings. The van der Waals surface area contributed by atoms with Crippen molar-refractivity contribution >= 4 is 34.8 Å². The quantitative estimate of drug-likeness (QED) is 0.622. The third-order valence-electron chi connectivity index (χ3n) is 1.98. The summed E-state index contributed by atoms with van der Waals surface area (Å²) in [5.74, 6) is -0.0578. The van der Waals surface area contributed by atoms with Crippen LogP contribution in [0.2, 0.25) is 4.34 Å². The van der Waals surface area contributed by atoms with E-state index in [9.17, 15) is 4.79 Å².